The van der Waals surface area contributed by atoms with Crippen LogP contribution in [0.3, 0.4) is 0 Å². The van der Waals surface area contributed by atoms with Crippen molar-refractivity contribution in [1.82, 2.24) is 10.3 Å². The first-order chi connectivity index (χ1) is 7.34. The lowest BCUT2D eigenvalue weighted by Crippen LogP contribution is -2.13. The van der Waals surface area contributed by atoms with Gasteiger partial charge in [-0.25, -0.2) is 4.98 Å². The van der Waals surface area contributed by atoms with E-state index in [9.17, 15) is 0 Å². The standard InChI is InChI=1S/C11H15BrN2O/c12-11-2-1-9(6-14-11)7-15-8-10-3-4-13-5-10/h1-2,6,10,13H,3-5,7-8H2. The zero-order valence-electron chi connectivity index (χ0n) is 8.58. The van der Waals surface area contributed by atoms with Gasteiger partial charge in [-0.15, -0.1) is 0 Å². The second-order valence-corrected chi connectivity index (χ2v) is 4.68. The molecule has 1 fully saturated rings. The Bertz CT molecular complexity index is 296. The van der Waals surface area contributed by atoms with Crippen molar-refractivity contribution in [3.8, 4) is 0 Å². The summed E-state index contributed by atoms with van der Waals surface area (Å²) in [4.78, 5) is 4.15. The van der Waals surface area contributed by atoms with E-state index >= 15 is 0 Å². The van der Waals surface area contributed by atoms with Gasteiger partial charge in [0, 0.05) is 12.7 Å². The molecule has 15 heavy (non-hydrogen) atoms. The molecule has 1 aliphatic rings. The molecule has 1 aromatic heterocycles. The molecule has 0 radical (unpaired) electrons. The third-order valence-corrected chi connectivity index (χ3v) is 3.04. The minimum atomic E-state index is 0.663. The van der Waals surface area contributed by atoms with Crippen molar-refractivity contribution in [1.29, 1.82) is 0 Å². The van der Waals surface area contributed by atoms with Crippen LogP contribution in [0, 0.1) is 5.92 Å². The van der Waals surface area contributed by atoms with Crippen molar-refractivity contribution in [2.75, 3.05) is 19.7 Å². The largest absolute Gasteiger partial charge is 0.376 e. The number of nitrogens with one attached hydrogen (secondary N) is 1. The summed E-state index contributed by atoms with van der Waals surface area (Å²) in [5.74, 6) is 0.688. The molecule has 1 aromatic rings. The lowest BCUT2D eigenvalue weighted by Gasteiger charge is -2.08. The van der Waals surface area contributed by atoms with E-state index in [0.29, 0.717) is 12.5 Å². The van der Waals surface area contributed by atoms with E-state index in [0.717, 1.165) is 29.9 Å². The van der Waals surface area contributed by atoms with Crippen LogP contribution in [0.4, 0.5) is 0 Å². The molecule has 1 atom stereocenters. The summed E-state index contributed by atoms with van der Waals surface area (Å²) < 4.78 is 6.52. The minimum Gasteiger partial charge on any atom is -0.376 e. The average Bonchev–Trinajstić information content (AvgIpc) is 2.74. The molecular formula is C11H15BrN2O. The summed E-state index contributed by atoms with van der Waals surface area (Å²) in [7, 11) is 0. The fourth-order valence-corrected chi connectivity index (χ4v) is 1.93. The van der Waals surface area contributed by atoms with Gasteiger partial charge in [-0.2, -0.15) is 0 Å². The molecule has 0 spiro atoms. The highest BCUT2D eigenvalue weighted by Crippen LogP contribution is 2.10. The maximum absolute atomic E-state index is 5.65. The van der Waals surface area contributed by atoms with Gasteiger partial charge >= 0.3 is 0 Å². The van der Waals surface area contributed by atoms with E-state index in [1.54, 1.807) is 0 Å². The van der Waals surface area contributed by atoms with Crippen LogP contribution < -0.4 is 5.32 Å². The van der Waals surface area contributed by atoms with Crippen LogP contribution in [0.25, 0.3) is 0 Å². The number of pyridine rings is 1. The molecule has 1 unspecified atom stereocenters. The Balaban J connectivity index is 1.71. The Morgan fingerprint density at radius 2 is 2.47 bits per heavy atom. The smallest absolute Gasteiger partial charge is 0.106 e. The summed E-state index contributed by atoms with van der Waals surface area (Å²) >= 11 is 3.31. The first kappa shape index (κ1) is 11.0. The van der Waals surface area contributed by atoms with E-state index < -0.39 is 0 Å². The van der Waals surface area contributed by atoms with Gasteiger partial charge < -0.3 is 10.1 Å². The Morgan fingerprint density at radius 1 is 1.53 bits per heavy atom. The summed E-state index contributed by atoms with van der Waals surface area (Å²) in [6.07, 6.45) is 3.08. The van der Waals surface area contributed by atoms with Crippen LogP contribution in [0.2, 0.25) is 0 Å². The first-order valence-corrected chi connectivity index (χ1v) is 6.03. The second-order valence-electron chi connectivity index (χ2n) is 3.86. The van der Waals surface area contributed by atoms with E-state index in [1.807, 2.05) is 18.3 Å². The van der Waals surface area contributed by atoms with Crippen molar-refractivity contribution in [2.24, 2.45) is 5.92 Å². The maximum atomic E-state index is 5.65. The highest BCUT2D eigenvalue weighted by molar-refractivity contribution is 9.10. The number of hydrogen-bond acceptors (Lipinski definition) is 3. The van der Waals surface area contributed by atoms with Crippen LogP contribution >= 0.6 is 15.9 Å². The topological polar surface area (TPSA) is 34.1 Å². The van der Waals surface area contributed by atoms with Gasteiger partial charge in [-0.1, -0.05) is 6.07 Å². The van der Waals surface area contributed by atoms with Gasteiger partial charge in [0.05, 0.1) is 13.2 Å². The maximum Gasteiger partial charge on any atom is 0.106 e. The molecule has 3 nitrogen and oxygen atoms in total. The van der Waals surface area contributed by atoms with Crippen molar-refractivity contribution in [3.05, 3.63) is 28.5 Å². The average molecular weight is 271 g/mol. The Kier molecular flexibility index (Phi) is 4.11. The molecule has 4 heteroatoms. The molecule has 2 heterocycles. The number of ether oxygens (including phenoxy) is 1. The Hall–Kier alpha value is -0.450. The molecular weight excluding hydrogens is 256 g/mol. The fourth-order valence-electron chi connectivity index (χ4n) is 1.69. The molecule has 0 amide bonds. The Labute approximate surface area is 98.4 Å². The summed E-state index contributed by atoms with van der Waals surface area (Å²) in [5, 5.41) is 3.33. The summed E-state index contributed by atoms with van der Waals surface area (Å²) in [6.45, 7) is 3.74. The quantitative estimate of drug-likeness (QED) is 0.850. The van der Waals surface area contributed by atoms with Gasteiger partial charge in [0.15, 0.2) is 0 Å². The predicted molar refractivity (Wildman–Crippen MR) is 62.6 cm³/mol. The number of halogens is 1. The van der Waals surface area contributed by atoms with Gasteiger partial charge in [-0.3, -0.25) is 0 Å². The lowest BCUT2D eigenvalue weighted by molar-refractivity contribution is 0.0923. The number of hydrogen-bond donors (Lipinski definition) is 1. The SMILES string of the molecule is Brc1ccc(COCC2CCNC2)cn1. The number of rotatable bonds is 4. The van der Waals surface area contributed by atoms with Crippen molar-refractivity contribution in [3.63, 3.8) is 0 Å². The molecule has 0 aromatic carbocycles. The van der Waals surface area contributed by atoms with Crippen LogP contribution in [0.1, 0.15) is 12.0 Å². The van der Waals surface area contributed by atoms with Crippen LogP contribution in [-0.2, 0) is 11.3 Å². The van der Waals surface area contributed by atoms with Gasteiger partial charge in [0.1, 0.15) is 4.60 Å². The fraction of sp³-hybridized carbons (Fsp3) is 0.545. The molecule has 82 valence electrons. The third kappa shape index (κ3) is 3.55. The lowest BCUT2D eigenvalue weighted by atomic mass is 10.1. The van der Waals surface area contributed by atoms with Crippen molar-refractivity contribution in [2.45, 2.75) is 13.0 Å². The third-order valence-electron chi connectivity index (χ3n) is 2.57. The zero-order chi connectivity index (χ0) is 10.5. The molecule has 1 saturated heterocycles. The molecule has 0 bridgehead atoms. The number of nitrogens with zero attached hydrogens (tertiary/aromatic N) is 1. The van der Waals surface area contributed by atoms with Crippen molar-refractivity contribution >= 4 is 15.9 Å². The highest BCUT2D eigenvalue weighted by atomic mass is 79.9. The van der Waals surface area contributed by atoms with E-state index in [1.165, 1.54) is 6.42 Å². The normalized spacial score (nSPS) is 20.7. The zero-order valence-corrected chi connectivity index (χ0v) is 10.2. The summed E-state index contributed by atoms with van der Waals surface area (Å²) in [6, 6.07) is 3.97. The molecule has 1 aliphatic heterocycles. The predicted octanol–water partition coefficient (Wildman–Crippen LogP) is 1.97. The van der Waals surface area contributed by atoms with Gasteiger partial charge in [-0.05, 0) is 46.4 Å². The molecule has 2 rings (SSSR count). The molecule has 1 N–H and O–H groups in total. The summed E-state index contributed by atoms with van der Waals surface area (Å²) in [5.41, 5.74) is 1.13. The second kappa shape index (κ2) is 5.58. The van der Waals surface area contributed by atoms with E-state index in [-0.39, 0.29) is 0 Å². The van der Waals surface area contributed by atoms with Crippen LogP contribution in [0.15, 0.2) is 22.9 Å². The van der Waals surface area contributed by atoms with Crippen LogP contribution in [0.5, 0.6) is 0 Å². The number of aromatic nitrogens is 1. The van der Waals surface area contributed by atoms with Gasteiger partial charge in [0.2, 0.25) is 0 Å². The molecule has 0 aliphatic carbocycles. The van der Waals surface area contributed by atoms with Crippen molar-refractivity contribution < 1.29 is 4.74 Å². The van der Waals surface area contributed by atoms with E-state index in [2.05, 4.69) is 26.2 Å². The van der Waals surface area contributed by atoms with Gasteiger partial charge in [0.25, 0.3) is 0 Å². The first-order valence-electron chi connectivity index (χ1n) is 5.23. The highest BCUT2D eigenvalue weighted by Gasteiger charge is 2.13. The van der Waals surface area contributed by atoms with E-state index in [4.69, 9.17) is 4.74 Å². The Morgan fingerprint density at radius 3 is 3.13 bits per heavy atom. The monoisotopic (exact) mass is 270 g/mol. The minimum absolute atomic E-state index is 0.663. The van der Waals surface area contributed by atoms with Crippen LogP contribution in [-0.4, -0.2) is 24.7 Å². The molecule has 0 saturated carbocycles.